The zero-order valence-electron chi connectivity index (χ0n) is 15.5. The van der Waals surface area contributed by atoms with E-state index in [0.717, 1.165) is 32.4 Å². The van der Waals surface area contributed by atoms with Gasteiger partial charge in [-0.1, -0.05) is 0 Å². The Labute approximate surface area is 162 Å². The number of hydrogen-bond acceptors (Lipinski definition) is 6. The van der Waals surface area contributed by atoms with Crippen molar-refractivity contribution < 1.29 is 19.2 Å². The van der Waals surface area contributed by atoms with Crippen LogP contribution >= 0.6 is 0 Å². The van der Waals surface area contributed by atoms with Gasteiger partial charge < -0.3 is 15.0 Å². The Morgan fingerprint density at radius 2 is 1.75 bits per heavy atom. The highest BCUT2D eigenvalue weighted by atomic mass is 16.6. The van der Waals surface area contributed by atoms with Crippen molar-refractivity contribution in [3.63, 3.8) is 0 Å². The van der Waals surface area contributed by atoms with Crippen LogP contribution in [0.3, 0.4) is 0 Å². The summed E-state index contributed by atoms with van der Waals surface area (Å²) in [4.78, 5) is 37.1. The molecular weight excluding hydrogens is 362 g/mol. The highest BCUT2D eigenvalue weighted by molar-refractivity contribution is 6.08. The van der Waals surface area contributed by atoms with Crippen LogP contribution in [-0.2, 0) is 4.74 Å². The fourth-order valence-corrected chi connectivity index (χ4v) is 3.24. The maximum Gasteiger partial charge on any atom is 0.337 e. The minimum atomic E-state index is -0.512. The van der Waals surface area contributed by atoms with Gasteiger partial charge in [0, 0.05) is 30.9 Å². The number of methoxy groups -OCH3 is 1. The topological polar surface area (TPSA) is 102 Å². The molecule has 146 valence electrons. The van der Waals surface area contributed by atoms with Crippen LogP contribution in [0, 0.1) is 10.1 Å². The van der Waals surface area contributed by atoms with Crippen LogP contribution in [0.25, 0.3) is 0 Å². The number of nitrogens with one attached hydrogen (secondary N) is 1. The largest absolute Gasteiger partial charge is 0.465 e. The zero-order chi connectivity index (χ0) is 20.1. The van der Waals surface area contributed by atoms with E-state index in [1.165, 1.54) is 19.2 Å². The molecule has 0 unspecified atom stereocenters. The molecular formula is C20H21N3O5. The fraction of sp³-hybridized carbons (Fsp3) is 0.300. The molecule has 0 atom stereocenters. The summed E-state index contributed by atoms with van der Waals surface area (Å²) in [6.07, 6.45) is 3.18. The summed E-state index contributed by atoms with van der Waals surface area (Å²) in [5.41, 5.74) is 1.66. The van der Waals surface area contributed by atoms with Gasteiger partial charge in [-0.2, -0.15) is 0 Å². The first kappa shape index (κ1) is 19.3. The first-order chi connectivity index (χ1) is 13.5. The third-order valence-corrected chi connectivity index (χ3v) is 4.70. The number of rotatable bonds is 5. The summed E-state index contributed by atoms with van der Waals surface area (Å²) in [6.45, 7) is 1.62. The molecule has 8 nitrogen and oxygen atoms in total. The molecule has 8 heteroatoms. The number of piperidine rings is 1. The predicted octanol–water partition coefficient (Wildman–Crippen LogP) is 3.62. The first-order valence-electron chi connectivity index (χ1n) is 9.02. The van der Waals surface area contributed by atoms with Crippen LogP contribution in [0.15, 0.2) is 42.5 Å². The Hall–Kier alpha value is -3.42. The maximum absolute atomic E-state index is 12.9. The molecule has 0 aromatic heterocycles. The van der Waals surface area contributed by atoms with E-state index in [-0.39, 0.29) is 11.3 Å². The van der Waals surface area contributed by atoms with Gasteiger partial charge in [-0.3, -0.25) is 14.9 Å². The monoisotopic (exact) mass is 383 g/mol. The number of non-ortho nitro benzene ring substituents is 1. The van der Waals surface area contributed by atoms with Crippen molar-refractivity contribution >= 4 is 28.9 Å². The van der Waals surface area contributed by atoms with Gasteiger partial charge in [0.2, 0.25) is 0 Å². The molecule has 1 saturated heterocycles. The Kier molecular flexibility index (Phi) is 5.88. The number of esters is 1. The fourth-order valence-electron chi connectivity index (χ4n) is 3.24. The van der Waals surface area contributed by atoms with Gasteiger partial charge in [0.1, 0.15) is 0 Å². The molecule has 2 aromatic carbocycles. The molecule has 0 bridgehead atoms. The summed E-state index contributed by atoms with van der Waals surface area (Å²) in [5.74, 6) is -0.904. The quantitative estimate of drug-likeness (QED) is 0.481. The number of hydrogen-bond donors (Lipinski definition) is 1. The van der Waals surface area contributed by atoms with E-state index >= 15 is 0 Å². The molecule has 1 heterocycles. The standard InChI is InChI=1S/C20H21N3O5/c1-28-20(25)14-5-7-15(8-6-14)21-19(24)17-13-16(23(26)27)9-10-18(17)22-11-3-2-4-12-22/h5-10,13H,2-4,11-12H2,1H3,(H,21,24). The van der Waals surface area contributed by atoms with Gasteiger partial charge in [0.05, 0.1) is 28.8 Å². The number of benzene rings is 2. The van der Waals surface area contributed by atoms with Gasteiger partial charge >= 0.3 is 5.97 Å². The minimum absolute atomic E-state index is 0.132. The lowest BCUT2D eigenvalue weighted by Gasteiger charge is -2.30. The first-order valence-corrected chi connectivity index (χ1v) is 9.02. The van der Waals surface area contributed by atoms with Crippen LogP contribution < -0.4 is 10.2 Å². The van der Waals surface area contributed by atoms with Crippen LogP contribution in [0.2, 0.25) is 0 Å². The van der Waals surface area contributed by atoms with E-state index < -0.39 is 16.8 Å². The number of nitro benzene ring substituents is 1. The second-order valence-electron chi connectivity index (χ2n) is 6.53. The molecule has 1 amide bonds. The van der Waals surface area contributed by atoms with E-state index in [1.807, 2.05) is 0 Å². The Morgan fingerprint density at radius 1 is 1.07 bits per heavy atom. The Balaban J connectivity index is 1.87. The summed E-state index contributed by atoms with van der Waals surface area (Å²) < 4.78 is 4.65. The smallest absolute Gasteiger partial charge is 0.337 e. The van der Waals surface area contributed by atoms with Crippen LogP contribution in [0.1, 0.15) is 40.0 Å². The number of nitrogens with zero attached hydrogens (tertiary/aromatic N) is 2. The van der Waals surface area contributed by atoms with Gasteiger partial charge in [0.25, 0.3) is 11.6 Å². The summed E-state index contributed by atoms with van der Waals surface area (Å²) >= 11 is 0. The van der Waals surface area contributed by atoms with E-state index in [1.54, 1.807) is 30.3 Å². The third-order valence-electron chi connectivity index (χ3n) is 4.70. The van der Waals surface area contributed by atoms with Crippen LogP contribution in [0.5, 0.6) is 0 Å². The average molecular weight is 383 g/mol. The van der Waals surface area contributed by atoms with Crippen LogP contribution in [0.4, 0.5) is 17.1 Å². The number of nitro groups is 1. The SMILES string of the molecule is COC(=O)c1ccc(NC(=O)c2cc([N+](=O)[O-])ccc2N2CCCCC2)cc1. The number of carbonyl (C=O) groups excluding carboxylic acids is 2. The lowest BCUT2D eigenvalue weighted by atomic mass is 10.1. The lowest BCUT2D eigenvalue weighted by Crippen LogP contribution is -2.31. The summed E-state index contributed by atoms with van der Waals surface area (Å²) in [5, 5.41) is 13.9. The number of carbonyl (C=O) groups is 2. The Morgan fingerprint density at radius 3 is 2.36 bits per heavy atom. The van der Waals surface area contributed by atoms with E-state index in [9.17, 15) is 19.7 Å². The minimum Gasteiger partial charge on any atom is -0.465 e. The second kappa shape index (κ2) is 8.51. The maximum atomic E-state index is 12.9. The normalized spacial score (nSPS) is 13.7. The highest BCUT2D eigenvalue weighted by Gasteiger charge is 2.22. The van der Waals surface area contributed by atoms with Crippen molar-refractivity contribution in [3.8, 4) is 0 Å². The predicted molar refractivity (Wildman–Crippen MR) is 105 cm³/mol. The average Bonchev–Trinajstić information content (AvgIpc) is 2.73. The molecule has 28 heavy (non-hydrogen) atoms. The molecule has 0 aliphatic carbocycles. The van der Waals surface area contributed by atoms with Gasteiger partial charge in [-0.15, -0.1) is 0 Å². The third kappa shape index (κ3) is 4.28. The second-order valence-corrected chi connectivity index (χ2v) is 6.53. The highest BCUT2D eigenvalue weighted by Crippen LogP contribution is 2.29. The Bertz CT molecular complexity index is 889. The van der Waals surface area contributed by atoms with Gasteiger partial charge in [-0.05, 0) is 49.6 Å². The van der Waals surface area contributed by atoms with Crippen molar-refractivity contribution in [2.45, 2.75) is 19.3 Å². The summed E-state index contributed by atoms with van der Waals surface area (Å²) in [6, 6.07) is 10.6. The number of ether oxygens (including phenoxy) is 1. The molecule has 0 saturated carbocycles. The molecule has 0 spiro atoms. The molecule has 3 rings (SSSR count). The van der Waals surface area contributed by atoms with Crippen molar-refractivity contribution in [3.05, 3.63) is 63.7 Å². The molecule has 1 aliphatic rings. The summed E-state index contributed by atoms with van der Waals surface area (Å²) in [7, 11) is 1.29. The van der Waals surface area contributed by atoms with Crippen molar-refractivity contribution in [2.24, 2.45) is 0 Å². The number of anilines is 2. The molecule has 0 radical (unpaired) electrons. The molecule has 1 fully saturated rings. The van der Waals surface area contributed by atoms with Gasteiger partial charge in [0.15, 0.2) is 0 Å². The van der Waals surface area contributed by atoms with Crippen LogP contribution in [-0.4, -0.2) is 37.0 Å². The zero-order valence-corrected chi connectivity index (χ0v) is 15.5. The van der Waals surface area contributed by atoms with Gasteiger partial charge in [-0.25, -0.2) is 4.79 Å². The van der Waals surface area contributed by atoms with E-state index in [4.69, 9.17) is 0 Å². The van der Waals surface area contributed by atoms with Crippen molar-refractivity contribution in [1.82, 2.24) is 0 Å². The van der Waals surface area contributed by atoms with Crippen molar-refractivity contribution in [2.75, 3.05) is 30.4 Å². The molecule has 2 aromatic rings. The van der Waals surface area contributed by atoms with E-state index in [2.05, 4.69) is 15.0 Å². The van der Waals surface area contributed by atoms with E-state index in [0.29, 0.717) is 16.9 Å². The van der Waals surface area contributed by atoms with Crippen molar-refractivity contribution in [1.29, 1.82) is 0 Å². The molecule has 1 N–H and O–H groups in total. The lowest BCUT2D eigenvalue weighted by molar-refractivity contribution is -0.384. The molecule has 1 aliphatic heterocycles. The number of amides is 1.